The molecule has 0 amide bonds. The summed E-state index contributed by atoms with van der Waals surface area (Å²) in [6.45, 7) is 7.19. The molecule has 0 radical (unpaired) electrons. The molecule has 32 heavy (non-hydrogen) atoms. The Balaban J connectivity index is 1.50. The predicted octanol–water partition coefficient (Wildman–Crippen LogP) is 5.30. The number of ether oxygens (including phenoxy) is 2. The first-order valence-electron chi connectivity index (χ1n) is 11.7. The molecule has 4 atom stereocenters. The fourth-order valence-corrected chi connectivity index (χ4v) is 5.35. The molecule has 4 heteroatoms. The molecule has 0 spiro atoms. The number of likely N-dealkylation sites (tertiary alicyclic amines) is 1. The maximum atomic E-state index is 12.8. The Labute approximate surface area is 192 Å². The number of hydrogen-bond acceptors (Lipinski definition) is 4. The maximum Gasteiger partial charge on any atom is 0.157 e. The van der Waals surface area contributed by atoms with E-state index in [9.17, 15) is 4.79 Å². The number of carbonyl (C=O) groups is 1. The molecule has 2 aliphatic carbocycles. The Hall–Kier alpha value is -2.59. The van der Waals surface area contributed by atoms with Gasteiger partial charge in [-0.25, -0.2) is 0 Å². The summed E-state index contributed by atoms with van der Waals surface area (Å²) in [5, 5.41) is 0. The lowest BCUT2D eigenvalue weighted by Gasteiger charge is -2.34. The monoisotopic (exact) mass is 433 g/mol. The van der Waals surface area contributed by atoms with E-state index in [1.54, 1.807) is 14.0 Å². The van der Waals surface area contributed by atoms with E-state index in [1.165, 1.54) is 0 Å². The van der Waals surface area contributed by atoms with E-state index in [4.69, 9.17) is 9.47 Å². The van der Waals surface area contributed by atoms with Gasteiger partial charge in [0.25, 0.3) is 0 Å². The van der Waals surface area contributed by atoms with Crippen LogP contribution in [-0.4, -0.2) is 37.4 Å². The first-order valence-corrected chi connectivity index (χ1v) is 11.7. The smallest absolute Gasteiger partial charge is 0.157 e. The van der Waals surface area contributed by atoms with E-state index in [1.807, 2.05) is 18.2 Å². The molecule has 4 nitrogen and oxygen atoms in total. The fraction of sp³-hybridized carbons (Fsp3) is 0.464. The minimum atomic E-state index is -0.349. The Morgan fingerprint density at radius 1 is 1.16 bits per heavy atom. The van der Waals surface area contributed by atoms with Gasteiger partial charge in [0.15, 0.2) is 11.5 Å². The molecular formula is C28H35NO3. The SMILES string of the molecule is COC1=CCC([C@@H]2CN(CC3C=CC=CC3)C[C@@]2(C)C(C)=O)C=C1OCc1ccccc1. The van der Waals surface area contributed by atoms with Crippen LogP contribution in [0.3, 0.4) is 0 Å². The van der Waals surface area contributed by atoms with Crippen molar-refractivity contribution < 1.29 is 14.3 Å². The van der Waals surface area contributed by atoms with E-state index in [0.717, 1.165) is 49.6 Å². The lowest BCUT2D eigenvalue weighted by Crippen LogP contribution is -2.38. The molecule has 1 saturated heterocycles. The number of nitrogens with zero attached hydrogens (tertiary/aromatic N) is 1. The van der Waals surface area contributed by atoms with Gasteiger partial charge >= 0.3 is 0 Å². The van der Waals surface area contributed by atoms with Gasteiger partial charge in [0.05, 0.1) is 7.11 Å². The minimum absolute atomic E-state index is 0.250. The summed E-state index contributed by atoms with van der Waals surface area (Å²) in [6.07, 6.45) is 15.1. The third-order valence-electron chi connectivity index (χ3n) is 7.35. The van der Waals surface area contributed by atoms with E-state index in [0.29, 0.717) is 12.5 Å². The second kappa shape index (κ2) is 9.91. The highest BCUT2D eigenvalue weighted by Gasteiger charge is 2.49. The molecule has 1 aromatic carbocycles. The van der Waals surface area contributed by atoms with Crippen LogP contribution in [0.4, 0.5) is 0 Å². The van der Waals surface area contributed by atoms with Crippen LogP contribution in [0.2, 0.25) is 0 Å². The normalized spacial score (nSPS) is 30.0. The molecule has 170 valence electrons. The van der Waals surface area contributed by atoms with Crippen LogP contribution in [0.25, 0.3) is 0 Å². The van der Waals surface area contributed by atoms with Crippen LogP contribution < -0.4 is 0 Å². The number of Topliss-reactive ketones (excluding diaryl/α,β-unsaturated/α-hetero) is 1. The topological polar surface area (TPSA) is 38.8 Å². The molecule has 0 bridgehead atoms. The molecule has 1 aliphatic heterocycles. The van der Waals surface area contributed by atoms with Crippen molar-refractivity contribution in [3.05, 3.63) is 83.9 Å². The molecule has 1 aromatic rings. The first kappa shape index (κ1) is 22.6. The number of carbonyl (C=O) groups excluding carboxylic acids is 1. The van der Waals surface area contributed by atoms with Crippen LogP contribution in [0.15, 0.2) is 78.3 Å². The molecule has 0 N–H and O–H groups in total. The van der Waals surface area contributed by atoms with Crippen LogP contribution in [0.1, 0.15) is 32.3 Å². The van der Waals surface area contributed by atoms with Crippen molar-refractivity contribution in [2.24, 2.45) is 23.2 Å². The largest absolute Gasteiger partial charge is 0.493 e. The third kappa shape index (κ3) is 4.91. The molecule has 2 unspecified atom stereocenters. The number of ketones is 1. The van der Waals surface area contributed by atoms with Crippen LogP contribution in [-0.2, 0) is 20.9 Å². The number of benzene rings is 1. The predicted molar refractivity (Wildman–Crippen MR) is 128 cm³/mol. The number of hydrogen-bond donors (Lipinski definition) is 0. The summed E-state index contributed by atoms with van der Waals surface area (Å²) in [5.41, 5.74) is 0.777. The average Bonchev–Trinajstić information content (AvgIpc) is 3.16. The Bertz CT molecular complexity index is 929. The minimum Gasteiger partial charge on any atom is -0.493 e. The van der Waals surface area contributed by atoms with Crippen LogP contribution in [0, 0.1) is 23.2 Å². The van der Waals surface area contributed by atoms with E-state index in [2.05, 4.69) is 60.4 Å². The van der Waals surface area contributed by atoms with Gasteiger partial charge in [-0.3, -0.25) is 4.79 Å². The van der Waals surface area contributed by atoms with Crippen LogP contribution in [0.5, 0.6) is 0 Å². The second-order valence-corrected chi connectivity index (χ2v) is 9.56. The van der Waals surface area contributed by atoms with Crippen molar-refractivity contribution in [3.63, 3.8) is 0 Å². The van der Waals surface area contributed by atoms with Gasteiger partial charge < -0.3 is 14.4 Å². The average molecular weight is 434 g/mol. The molecule has 4 rings (SSSR count). The zero-order valence-electron chi connectivity index (χ0n) is 19.5. The number of methoxy groups -OCH3 is 1. The van der Waals surface area contributed by atoms with Gasteiger partial charge in [0.2, 0.25) is 0 Å². The summed E-state index contributed by atoms with van der Waals surface area (Å²) < 4.78 is 11.8. The van der Waals surface area contributed by atoms with Gasteiger partial charge in [-0.2, -0.15) is 0 Å². The summed E-state index contributed by atoms with van der Waals surface area (Å²) in [7, 11) is 1.69. The molecule has 0 aromatic heterocycles. The summed E-state index contributed by atoms with van der Waals surface area (Å²) in [5.74, 6) is 2.90. The van der Waals surface area contributed by atoms with Crippen molar-refractivity contribution >= 4 is 5.78 Å². The van der Waals surface area contributed by atoms with E-state index >= 15 is 0 Å². The zero-order valence-corrected chi connectivity index (χ0v) is 19.5. The van der Waals surface area contributed by atoms with Gasteiger partial charge in [-0.05, 0) is 55.2 Å². The lowest BCUT2D eigenvalue weighted by atomic mass is 9.69. The Morgan fingerprint density at radius 3 is 2.66 bits per heavy atom. The van der Waals surface area contributed by atoms with Gasteiger partial charge in [-0.15, -0.1) is 0 Å². The molecule has 3 aliphatic rings. The lowest BCUT2D eigenvalue weighted by molar-refractivity contribution is -0.127. The van der Waals surface area contributed by atoms with Gasteiger partial charge in [0, 0.05) is 25.0 Å². The second-order valence-electron chi connectivity index (χ2n) is 9.56. The van der Waals surface area contributed by atoms with Crippen molar-refractivity contribution in [3.8, 4) is 0 Å². The number of rotatable bonds is 8. The molecule has 0 saturated carbocycles. The fourth-order valence-electron chi connectivity index (χ4n) is 5.35. The molecular weight excluding hydrogens is 398 g/mol. The van der Waals surface area contributed by atoms with E-state index < -0.39 is 0 Å². The van der Waals surface area contributed by atoms with Crippen molar-refractivity contribution in [1.29, 1.82) is 0 Å². The van der Waals surface area contributed by atoms with Crippen LogP contribution >= 0.6 is 0 Å². The molecule has 1 fully saturated rings. The summed E-state index contributed by atoms with van der Waals surface area (Å²) >= 11 is 0. The first-order chi connectivity index (χ1) is 15.5. The summed E-state index contributed by atoms with van der Waals surface area (Å²) in [6, 6.07) is 10.2. The zero-order chi connectivity index (χ0) is 22.6. The van der Waals surface area contributed by atoms with Crippen molar-refractivity contribution in [2.45, 2.75) is 33.3 Å². The van der Waals surface area contributed by atoms with Crippen molar-refractivity contribution in [1.82, 2.24) is 4.90 Å². The highest BCUT2D eigenvalue weighted by molar-refractivity contribution is 5.83. The van der Waals surface area contributed by atoms with Gasteiger partial charge in [-0.1, -0.05) is 61.6 Å². The standard InChI is InChI=1S/C28H35NO3/c1-21(30)28(2)20-29(17-22-10-6-4-7-11-22)18-25(28)24-14-15-26(31-3)27(16-24)32-19-23-12-8-5-9-13-23/h4-10,12-13,15-16,22,24-25H,11,14,17-20H2,1-3H3/t22?,24?,25-,28-/m0/s1. The van der Waals surface area contributed by atoms with Crippen molar-refractivity contribution in [2.75, 3.05) is 26.7 Å². The Kier molecular flexibility index (Phi) is 7.00. The highest BCUT2D eigenvalue weighted by atomic mass is 16.5. The third-order valence-corrected chi connectivity index (χ3v) is 7.35. The molecule has 1 heterocycles. The number of allylic oxidation sites excluding steroid dienone is 5. The van der Waals surface area contributed by atoms with E-state index in [-0.39, 0.29) is 23.0 Å². The summed E-state index contributed by atoms with van der Waals surface area (Å²) in [4.78, 5) is 15.3. The maximum absolute atomic E-state index is 12.8. The Morgan fingerprint density at radius 2 is 1.97 bits per heavy atom. The van der Waals surface area contributed by atoms with Gasteiger partial charge in [0.1, 0.15) is 12.4 Å². The highest BCUT2D eigenvalue weighted by Crippen LogP contribution is 2.45. The quantitative estimate of drug-likeness (QED) is 0.558.